The summed E-state index contributed by atoms with van der Waals surface area (Å²) in [6, 6.07) is 2.89. The summed E-state index contributed by atoms with van der Waals surface area (Å²) >= 11 is 5.74. The average molecular weight is 452 g/mol. The number of halogens is 6. The second-order valence-corrected chi connectivity index (χ2v) is 7.01. The van der Waals surface area contributed by atoms with Crippen molar-refractivity contribution in [1.29, 1.82) is 0 Å². The molecule has 2 heterocycles. The van der Waals surface area contributed by atoms with Crippen molar-refractivity contribution in [2.75, 3.05) is 18.5 Å². The van der Waals surface area contributed by atoms with Gasteiger partial charge in [-0.15, -0.1) is 0 Å². The number of nitrogens with two attached hydrogens (primary N) is 1. The molecule has 30 heavy (non-hydrogen) atoms. The SMILES string of the molecule is C[C@]1(c2cc(NC(=O)c3nn(C(F)F)cc3Cl)ccc2F)N=C(N)COCC1(F)F. The van der Waals surface area contributed by atoms with E-state index in [0.717, 1.165) is 31.3 Å². The van der Waals surface area contributed by atoms with E-state index in [1.165, 1.54) is 0 Å². The van der Waals surface area contributed by atoms with Crippen molar-refractivity contribution in [3.8, 4) is 0 Å². The molecule has 13 heteroatoms. The van der Waals surface area contributed by atoms with Gasteiger partial charge >= 0.3 is 6.55 Å². The number of carbonyl (C=O) groups excluding carboxylic acids is 1. The molecule has 0 radical (unpaired) electrons. The molecule has 0 aliphatic carbocycles. The third-order valence-electron chi connectivity index (χ3n) is 4.46. The van der Waals surface area contributed by atoms with Crippen LogP contribution < -0.4 is 11.1 Å². The molecule has 1 aromatic heterocycles. The zero-order chi connectivity index (χ0) is 22.3. The molecule has 3 N–H and O–H groups in total. The molecule has 0 unspecified atom stereocenters. The summed E-state index contributed by atoms with van der Waals surface area (Å²) in [5.41, 5.74) is 1.95. The summed E-state index contributed by atoms with van der Waals surface area (Å²) in [6.45, 7) is -3.44. The number of rotatable bonds is 4. The maximum absolute atomic E-state index is 14.7. The van der Waals surface area contributed by atoms with Gasteiger partial charge in [0.15, 0.2) is 11.2 Å². The monoisotopic (exact) mass is 451 g/mol. The number of aliphatic imine (C=N–C) groups is 1. The van der Waals surface area contributed by atoms with E-state index >= 15 is 0 Å². The Morgan fingerprint density at radius 1 is 1.40 bits per heavy atom. The fraction of sp³-hybridized carbons (Fsp3) is 0.353. The zero-order valence-corrected chi connectivity index (χ0v) is 16.1. The summed E-state index contributed by atoms with van der Waals surface area (Å²) in [5, 5.41) is 5.28. The number of benzene rings is 1. The van der Waals surface area contributed by atoms with Gasteiger partial charge in [-0.3, -0.25) is 9.79 Å². The molecule has 1 atom stereocenters. The van der Waals surface area contributed by atoms with Crippen LogP contribution in [0.15, 0.2) is 29.4 Å². The molecule has 3 rings (SSSR count). The summed E-state index contributed by atoms with van der Waals surface area (Å²) in [6.07, 6.45) is 0.752. The van der Waals surface area contributed by atoms with Gasteiger partial charge in [0.25, 0.3) is 11.8 Å². The Hall–Kier alpha value is -2.73. The van der Waals surface area contributed by atoms with Gasteiger partial charge in [0, 0.05) is 11.3 Å². The lowest BCUT2D eigenvalue weighted by atomic mass is 9.85. The molecule has 0 spiro atoms. The molecular formula is C17H15ClF5N5O2. The number of ether oxygens (including phenoxy) is 1. The molecule has 1 aromatic carbocycles. The minimum absolute atomic E-state index is 0.116. The molecule has 0 bridgehead atoms. The molecule has 1 amide bonds. The second-order valence-electron chi connectivity index (χ2n) is 6.60. The van der Waals surface area contributed by atoms with Crippen LogP contribution >= 0.6 is 11.6 Å². The van der Waals surface area contributed by atoms with Crippen LogP contribution in [0.25, 0.3) is 0 Å². The summed E-state index contributed by atoms with van der Waals surface area (Å²) < 4.78 is 74.3. The van der Waals surface area contributed by atoms with Crippen LogP contribution in [-0.2, 0) is 10.3 Å². The van der Waals surface area contributed by atoms with Gasteiger partial charge in [-0.2, -0.15) is 13.9 Å². The quantitative estimate of drug-likeness (QED) is 0.695. The van der Waals surface area contributed by atoms with Crippen molar-refractivity contribution in [2.45, 2.75) is 24.9 Å². The lowest BCUT2D eigenvalue weighted by Gasteiger charge is -2.33. The van der Waals surface area contributed by atoms with E-state index in [0.29, 0.717) is 0 Å². The van der Waals surface area contributed by atoms with Crippen LogP contribution in [0.1, 0.15) is 29.5 Å². The maximum Gasteiger partial charge on any atom is 0.333 e. The number of hydrogen-bond donors (Lipinski definition) is 2. The Kier molecular flexibility index (Phi) is 5.74. The standard InChI is InChI=1S/C17H15ClF5N5O2/c1-16(17(22,23)7-30-6-12(24)26-16)9-4-8(2-3-11(9)19)25-14(29)13-10(18)5-28(27-13)15(20)21/h2-5,15H,6-7H2,1H3,(H2,24,26)(H,25,29)/t16-/m1/s1. The number of nitrogens with zero attached hydrogens (tertiary/aromatic N) is 3. The third-order valence-corrected chi connectivity index (χ3v) is 4.74. The zero-order valence-electron chi connectivity index (χ0n) is 15.3. The Bertz CT molecular complexity index is 1010. The van der Waals surface area contributed by atoms with Gasteiger partial charge in [-0.25, -0.2) is 17.9 Å². The van der Waals surface area contributed by atoms with E-state index in [1.807, 2.05) is 0 Å². The minimum atomic E-state index is -3.63. The third kappa shape index (κ3) is 3.97. The Balaban J connectivity index is 1.97. The number of alkyl halides is 4. The van der Waals surface area contributed by atoms with Gasteiger partial charge in [-0.05, 0) is 25.1 Å². The van der Waals surface area contributed by atoms with Crippen molar-refractivity contribution in [3.63, 3.8) is 0 Å². The predicted molar refractivity (Wildman–Crippen MR) is 97.6 cm³/mol. The van der Waals surface area contributed by atoms with Crippen LogP contribution in [-0.4, -0.2) is 40.7 Å². The van der Waals surface area contributed by atoms with Crippen LogP contribution in [0.4, 0.5) is 27.6 Å². The first-order valence-corrected chi connectivity index (χ1v) is 8.76. The molecule has 2 aromatic rings. The van der Waals surface area contributed by atoms with E-state index in [9.17, 15) is 26.7 Å². The summed E-state index contributed by atoms with van der Waals surface area (Å²) in [5.74, 6) is -5.90. The first-order valence-electron chi connectivity index (χ1n) is 8.38. The highest BCUT2D eigenvalue weighted by Gasteiger charge is 2.54. The largest absolute Gasteiger partial charge is 0.385 e. The van der Waals surface area contributed by atoms with E-state index in [-0.39, 0.29) is 27.8 Å². The Morgan fingerprint density at radius 2 is 2.10 bits per heavy atom. The highest BCUT2D eigenvalue weighted by atomic mass is 35.5. The normalized spacial score (nSPS) is 21.3. The molecule has 7 nitrogen and oxygen atoms in total. The molecule has 0 saturated heterocycles. The van der Waals surface area contributed by atoms with Gasteiger partial charge in [0.1, 0.15) is 24.9 Å². The number of amidine groups is 1. The molecule has 0 saturated carbocycles. The highest BCUT2D eigenvalue weighted by molar-refractivity contribution is 6.34. The van der Waals surface area contributed by atoms with Crippen LogP contribution in [0, 0.1) is 5.82 Å². The average Bonchev–Trinajstić information content (AvgIpc) is 3.00. The van der Waals surface area contributed by atoms with E-state index < -0.39 is 47.6 Å². The number of nitrogens with one attached hydrogen (secondary N) is 1. The number of carbonyl (C=O) groups is 1. The van der Waals surface area contributed by atoms with Crippen LogP contribution in [0.5, 0.6) is 0 Å². The van der Waals surface area contributed by atoms with Crippen molar-refractivity contribution in [3.05, 3.63) is 46.5 Å². The molecule has 162 valence electrons. The minimum Gasteiger partial charge on any atom is -0.385 e. The van der Waals surface area contributed by atoms with Gasteiger partial charge in [-0.1, -0.05) is 11.6 Å². The van der Waals surface area contributed by atoms with Crippen molar-refractivity contribution in [2.24, 2.45) is 10.7 Å². The van der Waals surface area contributed by atoms with E-state index in [1.54, 1.807) is 0 Å². The predicted octanol–water partition coefficient (Wildman–Crippen LogP) is 3.56. The fourth-order valence-electron chi connectivity index (χ4n) is 2.87. The number of amides is 1. The Labute approximate surface area is 171 Å². The second kappa shape index (κ2) is 7.84. The van der Waals surface area contributed by atoms with Crippen LogP contribution in [0.2, 0.25) is 5.02 Å². The van der Waals surface area contributed by atoms with E-state index in [2.05, 4.69) is 15.4 Å². The lowest BCUT2D eigenvalue weighted by molar-refractivity contribution is -0.116. The van der Waals surface area contributed by atoms with Crippen molar-refractivity contribution >= 4 is 29.0 Å². The smallest absolute Gasteiger partial charge is 0.333 e. The topological polar surface area (TPSA) is 94.5 Å². The maximum atomic E-state index is 14.7. The number of hydrogen-bond acceptors (Lipinski definition) is 5. The summed E-state index contributed by atoms with van der Waals surface area (Å²) in [4.78, 5) is 16.1. The van der Waals surface area contributed by atoms with Crippen LogP contribution in [0.3, 0.4) is 0 Å². The number of aromatic nitrogens is 2. The first-order chi connectivity index (χ1) is 13.9. The van der Waals surface area contributed by atoms with Gasteiger partial charge < -0.3 is 15.8 Å². The van der Waals surface area contributed by atoms with Gasteiger partial charge in [0.2, 0.25) is 0 Å². The molecular weight excluding hydrogens is 437 g/mol. The fourth-order valence-corrected chi connectivity index (χ4v) is 3.10. The lowest BCUT2D eigenvalue weighted by Crippen LogP contribution is -2.45. The molecule has 1 aliphatic heterocycles. The van der Waals surface area contributed by atoms with E-state index in [4.69, 9.17) is 22.1 Å². The van der Waals surface area contributed by atoms with Crippen molar-refractivity contribution < 1.29 is 31.5 Å². The summed E-state index contributed by atoms with van der Waals surface area (Å²) in [7, 11) is 0. The van der Waals surface area contributed by atoms with Gasteiger partial charge in [0.05, 0.1) is 11.2 Å². The first kappa shape index (κ1) is 22.0. The highest BCUT2D eigenvalue weighted by Crippen LogP contribution is 2.44. The molecule has 1 aliphatic rings. The molecule has 0 fully saturated rings. The van der Waals surface area contributed by atoms with Crippen molar-refractivity contribution in [1.82, 2.24) is 9.78 Å². The Morgan fingerprint density at radius 3 is 2.73 bits per heavy atom. The number of anilines is 1.